The maximum Gasteiger partial charge on any atom is 0.333 e. The van der Waals surface area contributed by atoms with Crippen LogP contribution in [-0.2, 0) is 9.59 Å². The lowest BCUT2D eigenvalue weighted by atomic mass is 9.95. The zero-order chi connectivity index (χ0) is 20.3. The lowest BCUT2D eigenvalue weighted by Crippen LogP contribution is -2.44. The average Bonchev–Trinajstić information content (AvgIpc) is 3.17. The zero-order valence-electron chi connectivity index (χ0n) is 15.3. The van der Waals surface area contributed by atoms with Crippen molar-refractivity contribution in [3.05, 3.63) is 35.5 Å². The van der Waals surface area contributed by atoms with Gasteiger partial charge in [-0.25, -0.2) is 9.78 Å². The number of aromatic hydroxyl groups is 1. The van der Waals surface area contributed by atoms with Crippen molar-refractivity contribution in [2.24, 2.45) is 5.73 Å². The molecule has 2 aromatic rings. The number of aromatic nitrogens is 3. The van der Waals surface area contributed by atoms with Gasteiger partial charge in [-0.1, -0.05) is 12.1 Å². The Kier molecular flexibility index (Phi) is 5.69. The summed E-state index contributed by atoms with van der Waals surface area (Å²) in [5, 5.41) is 25.0. The van der Waals surface area contributed by atoms with Crippen LogP contribution in [0.4, 0.5) is 0 Å². The van der Waals surface area contributed by atoms with Gasteiger partial charge in [0, 0.05) is 5.70 Å². The highest BCUT2D eigenvalue weighted by Gasteiger charge is 2.29. The number of nitrogens with one attached hydrogen (secondary N) is 1. The third-order valence-electron chi connectivity index (χ3n) is 4.65. The van der Waals surface area contributed by atoms with Crippen molar-refractivity contribution < 1.29 is 24.3 Å². The molecule has 3 rings (SSSR count). The zero-order valence-corrected chi connectivity index (χ0v) is 15.3. The molecule has 0 aliphatic heterocycles. The second kappa shape index (κ2) is 8.17. The van der Waals surface area contributed by atoms with Gasteiger partial charge in [0.15, 0.2) is 0 Å². The standard InChI is InChI=1S/C18H21N5O5/c1-9(17-22-15(23-28-17)13-7-6-10(24)8-20-13)14(19)16(25)21-12-5-3-2-4-11(12)18(26)27/h6-9,14,24H,2-5,19H2,1H3,(H,21,25)(H,26,27)/t9?,14-/m0/s1. The molecule has 148 valence electrons. The predicted molar refractivity (Wildman–Crippen MR) is 96.9 cm³/mol. The van der Waals surface area contributed by atoms with E-state index in [0.29, 0.717) is 24.2 Å². The van der Waals surface area contributed by atoms with Gasteiger partial charge in [-0.2, -0.15) is 4.98 Å². The molecule has 0 fully saturated rings. The Balaban J connectivity index is 1.72. The fourth-order valence-electron chi connectivity index (χ4n) is 2.93. The Morgan fingerprint density at radius 3 is 2.71 bits per heavy atom. The van der Waals surface area contributed by atoms with E-state index in [0.717, 1.165) is 12.8 Å². The Morgan fingerprint density at radius 2 is 2.04 bits per heavy atom. The predicted octanol–water partition coefficient (Wildman–Crippen LogP) is 1.30. The van der Waals surface area contributed by atoms with E-state index in [1.54, 1.807) is 6.92 Å². The van der Waals surface area contributed by atoms with Crippen LogP contribution in [-0.4, -0.2) is 43.3 Å². The summed E-state index contributed by atoms with van der Waals surface area (Å²) in [6, 6.07) is 1.97. The molecule has 0 radical (unpaired) electrons. The number of carboxylic acids is 1. The molecular formula is C18H21N5O5. The fourth-order valence-corrected chi connectivity index (χ4v) is 2.93. The normalized spacial score (nSPS) is 16.5. The number of hydrogen-bond acceptors (Lipinski definition) is 8. The van der Waals surface area contributed by atoms with Crippen LogP contribution in [0.2, 0.25) is 0 Å². The summed E-state index contributed by atoms with van der Waals surface area (Å²) in [4.78, 5) is 32.1. The minimum absolute atomic E-state index is 0.0114. The van der Waals surface area contributed by atoms with Crippen LogP contribution < -0.4 is 11.1 Å². The molecular weight excluding hydrogens is 366 g/mol. The van der Waals surface area contributed by atoms with E-state index < -0.39 is 23.8 Å². The molecule has 10 heteroatoms. The molecule has 2 aromatic heterocycles. The van der Waals surface area contributed by atoms with Crippen LogP contribution in [0.25, 0.3) is 11.5 Å². The van der Waals surface area contributed by atoms with Gasteiger partial charge in [-0.15, -0.1) is 0 Å². The Bertz CT molecular complexity index is 905. The average molecular weight is 387 g/mol. The topological polar surface area (TPSA) is 164 Å². The first-order valence-corrected chi connectivity index (χ1v) is 8.87. The molecule has 0 saturated heterocycles. The number of pyridine rings is 1. The number of nitrogens with zero attached hydrogens (tertiary/aromatic N) is 3. The van der Waals surface area contributed by atoms with Crippen molar-refractivity contribution in [2.45, 2.75) is 44.6 Å². The number of carbonyl (C=O) groups excluding carboxylic acids is 1. The highest BCUT2D eigenvalue weighted by molar-refractivity contribution is 5.90. The van der Waals surface area contributed by atoms with Gasteiger partial charge in [0.05, 0.1) is 23.7 Å². The maximum absolute atomic E-state index is 12.5. The summed E-state index contributed by atoms with van der Waals surface area (Å²) < 4.78 is 5.20. The molecule has 10 nitrogen and oxygen atoms in total. The number of carbonyl (C=O) groups is 2. The minimum Gasteiger partial charge on any atom is -0.506 e. The Morgan fingerprint density at radius 1 is 1.29 bits per heavy atom. The van der Waals surface area contributed by atoms with Gasteiger partial charge < -0.3 is 25.8 Å². The third-order valence-corrected chi connectivity index (χ3v) is 4.65. The summed E-state index contributed by atoms with van der Waals surface area (Å²) >= 11 is 0. The first-order valence-electron chi connectivity index (χ1n) is 8.87. The van der Waals surface area contributed by atoms with Gasteiger partial charge in [-0.3, -0.25) is 4.79 Å². The highest BCUT2D eigenvalue weighted by Crippen LogP contribution is 2.25. The highest BCUT2D eigenvalue weighted by atomic mass is 16.5. The van der Waals surface area contributed by atoms with Crippen molar-refractivity contribution in [1.29, 1.82) is 0 Å². The molecule has 0 bridgehead atoms. The van der Waals surface area contributed by atoms with Crippen LogP contribution in [0.5, 0.6) is 5.75 Å². The molecule has 1 amide bonds. The SMILES string of the molecule is CC(c1nc(-c2ccc(O)cn2)no1)[C@H](N)C(=O)NC1=C(C(=O)O)CCCC1. The molecule has 1 unspecified atom stereocenters. The summed E-state index contributed by atoms with van der Waals surface area (Å²) in [5.74, 6) is -1.76. The number of rotatable bonds is 6. The van der Waals surface area contributed by atoms with E-state index in [4.69, 9.17) is 10.3 Å². The Labute approximate surface area is 160 Å². The van der Waals surface area contributed by atoms with E-state index in [2.05, 4.69) is 20.4 Å². The molecule has 5 N–H and O–H groups in total. The molecule has 28 heavy (non-hydrogen) atoms. The summed E-state index contributed by atoms with van der Waals surface area (Å²) in [6.45, 7) is 1.67. The van der Waals surface area contributed by atoms with Crippen LogP contribution in [0.1, 0.15) is 44.4 Å². The number of nitrogens with two attached hydrogens (primary N) is 1. The second-order valence-electron chi connectivity index (χ2n) is 6.63. The lowest BCUT2D eigenvalue weighted by molar-refractivity contribution is -0.133. The number of carboxylic acid groups (broad SMARTS) is 1. The largest absolute Gasteiger partial charge is 0.506 e. The van der Waals surface area contributed by atoms with Gasteiger partial charge in [0.2, 0.25) is 17.6 Å². The number of hydrogen-bond donors (Lipinski definition) is 4. The van der Waals surface area contributed by atoms with E-state index >= 15 is 0 Å². The molecule has 0 saturated carbocycles. The molecule has 0 spiro atoms. The van der Waals surface area contributed by atoms with Gasteiger partial charge in [-0.05, 0) is 37.8 Å². The van der Waals surface area contributed by atoms with Crippen molar-refractivity contribution >= 4 is 11.9 Å². The van der Waals surface area contributed by atoms with Gasteiger partial charge in [0.25, 0.3) is 0 Å². The van der Waals surface area contributed by atoms with Crippen LogP contribution in [0.3, 0.4) is 0 Å². The molecule has 2 heterocycles. The van der Waals surface area contributed by atoms with Gasteiger partial charge >= 0.3 is 5.97 Å². The monoisotopic (exact) mass is 387 g/mol. The second-order valence-corrected chi connectivity index (χ2v) is 6.63. The fraction of sp³-hybridized carbons (Fsp3) is 0.389. The molecule has 1 aliphatic rings. The summed E-state index contributed by atoms with van der Waals surface area (Å²) in [7, 11) is 0. The molecule has 1 aliphatic carbocycles. The minimum atomic E-state index is -1.03. The quantitative estimate of drug-likeness (QED) is 0.571. The smallest absolute Gasteiger partial charge is 0.333 e. The van der Waals surface area contributed by atoms with E-state index in [-0.39, 0.29) is 23.0 Å². The Hall–Kier alpha value is -3.27. The first-order chi connectivity index (χ1) is 13.4. The summed E-state index contributed by atoms with van der Waals surface area (Å²) in [6.07, 6.45) is 3.75. The van der Waals surface area contributed by atoms with Crippen LogP contribution >= 0.6 is 0 Å². The lowest BCUT2D eigenvalue weighted by Gasteiger charge is -2.21. The molecule has 2 atom stereocenters. The van der Waals surface area contributed by atoms with E-state index in [9.17, 15) is 19.8 Å². The van der Waals surface area contributed by atoms with Gasteiger partial charge in [0.1, 0.15) is 11.4 Å². The van der Waals surface area contributed by atoms with E-state index in [1.165, 1.54) is 18.3 Å². The summed E-state index contributed by atoms with van der Waals surface area (Å²) in [5.41, 5.74) is 7.07. The number of allylic oxidation sites excluding steroid dienone is 1. The third kappa shape index (κ3) is 4.17. The van der Waals surface area contributed by atoms with Crippen LogP contribution in [0, 0.1) is 0 Å². The van der Waals surface area contributed by atoms with E-state index in [1.807, 2.05) is 0 Å². The molecule has 0 aromatic carbocycles. The number of aliphatic carboxylic acids is 1. The first kappa shape index (κ1) is 19.5. The van der Waals surface area contributed by atoms with Crippen molar-refractivity contribution in [3.63, 3.8) is 0 Å². The maximum atomic E-state index is 12.5. The van der Waals surface area contributed by atoms with Crippen molar-refractivity contribution in [3.8, 4) is 17.3 Å². The van der Waals surface area contributed by atoms with Crippen molar-refractivity contribution in [2.75, 3.05) is 0 Å². The number of amides is 1. The van der Waals surface area contributed by atoms with Crippen molar-refractivity contribution in [1.82, 2.24) is 20.4 Å². The van der Waals surface area contributed by atoms with Crippen LogP contribution in [0.15, 0.2) is 34.1 Å².